The highest BCUT2D eigenvalue weighted by Gasteiger charge is 2.30. The molecule has 0 unspecified atom stereocenters. The van der Waals surface area contributed by atoms with Gasteiger partial charge in [-0.05, 0) is 37.3 Å². The molecule has 3 aromatic rings. The predicted octanol–water partition coefficient (Wildman–Crippen LogP) is 5.26. The van der Waals surface area contributed by atoms with Gasteiger partial charge >= 0.3 is 6.18 Å². The Balaban J connectivity index is 1.72. The van der Waals surface area contributed by atoms with Crippen LogP contribution in [0.5, 0.6) is 0 Å². The van der Waals surface area contributed by atoms with Crippen molar-refractivity contribution in [1.82, 2.24) is 10.2 Å². The van der Waals surface area contributed by atoms with E-state index in [1.165, 1.54) is 18.2 Å². The second-order valence-corrected chi connectivity index (χ2v) is 6.62. The first-order chi connectivity index (χ1) is 12.7. The molecule has 3 rings (SSSR count). The Labute approximate surface area is 155 Å². The summed E-state index contributed by atoms with van der Waals surface area (Å²) in [5, 5.41) is 18.6. The summed E-state index contributed by atoms with van der Waals surface area (Å²) in [5.41, 5.74) is 0.246. The maximum absolute atomic E-state index is 12.7. The highest BCUT2D eigenvalue weighted by Crippen LogP contribution is 2.33. The molecule has 0 aliphatic heterocycles. The summed E-state index contributed by atoms with van der Waals surface area (Å²) in [7, 11) is 0. The van der Waals surface area contributed by atoms with Gasteiger partial charge in [-0.15, -0.1) is 22.0 Å². The topological polar surface area (TPSA) is 82.1 Å². The summed E-state index contributed by atoms with van der Waals surface area (Å²) < 4.78 is 43.7. The van der Waals surface area contributed by atoms with Crippen molar-refractivity contribution in [3.8, 4) is 11.5 Å². The van der Waals surface area contributed by atoms with E-state index in [0.29, 0.717) is 16.0 Å². The fourth-order valence-corrected chi connectivity index (χ4v) is 3.12. The Morgan fingerprint density at radius 3 is 2.63 bits per heavy atom. The van der Waals surface area contributed by atoms with E-state index in [1.807, 2.05) is 0 Å². The molecule has 0 bridgehead atoms. The van der Waals surface area contributed by atoms with E-state index in [2.05, 4.69) is 10.2 Å². The zero-order valence-corrected chi connectivity index (χ0v) is 14.7. The predicted molar refractivity (Wildman–Crippen MR) is 92.1 cm³/mol. The van der Waals surface area contributed by atoms with Crippen LogP contribution in [0.3, 0.4) is 0 Å². The van der Waals surface area contributed by atoms with Crippen LogP contribution >= 0.6 is 11.8 Å². The number of aromatic nitrogens is 2. The van der Waals surface area contributed by atoms with E-state index < -0.39 is 16.7 Å². The normalized spacial score (nSPS) is 11.6. The van der Waals surface area contributed by atoms with Crippen molar-refractivity contribution in [1.29, 1.82) is 0 Å². The second-order valence-electron chi connectivity index (χ2n) is 5.57. The fraction of sp³-hybridized carbons (Fsp3) is 0.176. The van der Waals surface area contributed by atoms with Crippen molar-refractivity contribution in [3.63, 3.8) is 0 Å². The molecule has 0 saturated heterocycles. The van der Waals surface area contributed by atoms with Gasteiger partial charge in [0.05, 0.1) is 16.2 Å². The SMILES string of the molecule is Cc1cc(-c2nnc(CSc3cccc(C(F)(F)F)c3)o2)ccc1[N+](=O)[O-]. The van der Waals surface area contributed by atoms with E-state index in [0.717, 1.165) is 23.9 Å². The molecule has 2 aromatic carbocycles. The molecule has 140 valence electrons. The van der Waals surface area contributed by atoms with Crippen molar-refractivity contribution in [3.05, 3.63) is 69.6 Å². The standard InChI is InChI=1S/C17H12F3N3O3S/c1-10-7-11(5-6-14(10)23(24)25)16-22-21-15(26-16)9-27-13-4-2-3-12(8-13)17(18,19)20/h2-8H,9H2,1H3. The van der Waals surface area contributed by atoms with Gasteiger partial charge in [-0.3, -0.25) is 10.1 Å². The summed E-state index contributed by atoms with van der Waals surface area (Å²) in [6, 6.07) is 9.39. The number of halogens is 3. The number of aryl methyl sites for hydroxylation is 1. The molecule has 0 atom stereocenters. The Bertz CT molecular complexity index is 989. The molecule has 27 heavy (non-hydrogen) atoms. The fourth-order valence-electron chi connectivity index (χ4n) is 2.33. The van der Waals surface area contributed by atoms with Gasteiger partial charge in [-0.1, -0.05) is 6.07 Å². The number of hydrogen-bond acceptors (Lipinski definition) is 6. The number of hydrogen-bond donors (Lipinski definition) is 0. The monoisotopic (exact) mass is 395 g/mol. The van der Waals surface area contributed by atoms with Gasteiger partial charge < -0.3 is 4.42 Å². The molecule has 0 fully saturated rings. The number of rotatable bonds is 5. The molecule has 1 aromatic heterocycles. The number of nitro groups is 1. The summed E-state index contributed by atoms with van der Waals surface area (Å²) >= 11 is 1.14. The first-order valence-electron chi connectivity index (χ1n) is 7.62. The molecule has 0 radical (unpaired) electrons. The van der Waals surface area contributed by atoms with Gasteiger partial charge in [0.1, 0.15) is 0 Å². The van der Waals surface area contributed by atoms with Crippen LogP contribution in [0.25, 0.3) is 11.5 Å². The van der Waals surface area contributed by atoms with Crippen LogP contribution < -0.4 is 0 Å². The number of nitro benzene ring substituents is 1. The van der Waals surface area contributed by atoms with Crippen LogP contribution in [0.2, 0.25) is 0 Å². The first kappa shape index (κ1) is 18.9. The zero-order chi connectivity index (χ0) is 19.6. The maximum atomic E-state index is 12.7. The third kappa shape index (κ3) is 4.45. The van der Waals surface area contributed by atoms with Gasteiger partial charge in [0, 0.05) is 22.1 Å². The van der Waals surface area contributed by atoms with Crippen LogP contribution in [0.4, 0.5) is 18.9 Å². The minimum atomic E-state index is -4.40. The number of benzene rings is 2. The minimum absolute atomic E-state index is 0.0152. The Hall–Kier alpha value is -2.88. The third-order valence-corrected chi connectivity index (χ3v) is 4.61. The average Bonchev–Trinajstić information content (AvgIpc) is 3.08. The lowest BCUT2D eigenvalue weighted by atomic mass is 10.1. The maximum Gasteiger partial charge on any atom is 0.416 e. The second kappa shape index (κ2) is 7.39. The Morgan fingerprint density at radius 1 is 1.19 bits per heavy atom. The van der Waals surface area contributed by atoms with Gasteiger partial charge in [-0.2, -0.15) is 13.2 Å². The van der Waals surface area contributed by atoms with Crippen molar-refractivity contribution >= 4 is 17.4 Å². The molecular weight excluding hydrogens is 383 g/mol. The molecule has 0 spiro atoms. The summed E-state index contributed by atoms with van der Waals surface area (Å²) in [5.74, 6) is 0.622. The summed E-state index contributed by atoms with van der Waals surface area (Å²) in [6.07, 6.45) is -4.40. The van der Waals surface area contributed by atoms with Gasteiger partial charge in [0.2, 0.25) is 11.8 Å². The molecule has 0 N–H and O–H groups in total. The van der Waals surface area contributed by atoms with Crippen molar-refractivity contribution < 1.29 is 22.5 Å². The number of thioether (sulfide) groups is 1. The summed E-state index contributed by atoms with van der Waals surface area (Å²) in [6.45, 7) is 1.60. The number of nitrogens with zero attached hydrogens (tertiary/aromatic N) is 3. The smallest absolute Gasteiger partial charge is 0.416 e. The molecular formula is C17H12F3N3O3S. The third-order valence-electron chi connectivity index (χ3n) is 3.63. The highest BCUT2D eigenvalue weighted by molar-refractivity contribution is 7.98. The van der Waals surface area contributed by atoms with Crippen LogP contribution in [-0.4, -0.2) is 15.1 Å². The zero-order valence-electron chi connectivity index (χ0n) is 13.9. The van der Waals surface area contributed by atoms with Crippen molar-refractivity contribution in [2.24, 2.45) is 0 Å². The molecule has 0 amide bonds. The van der Waals surface area contributed by atoms with E-state index in [-0.39, 0.29) is 23.2 Å². The Morgan fingerprint density at radius 2 is 1.96 bits per heavy atom. The molecule has 10 heteroatoms. The average molecular weight is 395 g/mol. The van der Waals surface area contributed by atoms with E-state index in [9.17, 15) is 23.3 Å². The van der Waals surface area contributed by atoms with E-state index in [4.69, 9.17) is 4.42 Å². The lowest BCUT2D eigenvalue weighted by Gasteiger charge is -2.07. The molecule has 0 aliphatic carbocycles. The van der Waals surface area contributed by atoms with Crippen molar-refractivity contribution in [2.75, 3.05) is 0 Å². The molecule has 0 aliphatic rings. The first-order valence-corrected chi connectivity index (χ1v) is 8.60. The highest BCUT2D eigenvalue weighted by atomic mass is 32.2. The van der Waals surface area contributed by atoms with Gasteiger partial charge in [0.15, 0.2) is 0 Å². The lowest BCUT2D eigenvalue weighted by Crippen LogP contribution is -2.04. The number of alkyl halides is 3. The van der Waals surface area contributed by atoms with Crippen LogP contribution in [-0.2, 0) is 11.9 Å². The minimum Gasteiger partial charge on any atom is -0.420 e. The van der Waals surface area contributed by atoms with Gasteiger partial charge in [-0.25, -0.2) is 0 Å². The van der Waals surface area contributed by atoms with Crippen LogP contribution in [0, 0.1) is 17.0 Å². The van der Waals surface area contributed by atoms with Gasteiger partial charge in [0.25, 0.3) is 5.69 Å². The van der Waals surface area contributed by atoms with Crippen LogP contribution in [0.1, 0.15) is 17.0 Å². The molecule has 6 nitrogen and oxygen atoms in total. The van der Waals surface area contributed by atoms with Crippen molar-refractivity contribution in [2.45, 2.75) is 23.7 Å². The molecule has 0 saturated carbocycles. The quantitative estimate of drug-likeness (QED) is 0.333. The lowest BCUT2D eigenvalue weighted by molar-refractivity contribution is -0.385. The summed E-state index contributed by atoms with van der Waals surface area (Å²) in [4.78, 5) is 10.8. The Kier molecular flexibility index (Phi) is 5.17. The van der Waals surface area contributed by atoms with Crippen LogP contribution in [0.15, 0.2) is 51.8 Å². The van der Waals surface area contributed by atoms with E-state index >= 15 is 0 Å². The largest absolute Gasteiger partial charge is 0.420 e. The molecule has 1 heterocycles. The van der Waals surface area contributed by atoms with E-state index in [1.54, 1.807) is 19.1 Å².